The third-order valence-corrected chi connectivity index (χ3v) is 4.20. The zero-order valence-electron chi connectivity index (χ0n) is 14.9. The number of benzene rings is 1. The van der Waals surface area contributed by atoms with Gasteiger partial charge in [0.1, 0.15) is 5.82 Å². The third kappa shape index (κ3) is 4.07. The van der Waals surface area contributed by atoms with Gasteiger partial charge in [0.15, 0.2) is 0 Å². The minimum absolute atomic E-state index is 0.280. The van der Waals surface area contributed by atoms with Crippen LogP contribution < -0.4 is 9.80 Å². The molecule has 2 heterocycles. The van der Waals surface area contributed by atoms with E-state index in [-0.39, 0.29) is 6.61 Å². The van der Waals surface area contributed by atoms with Gasteiger partial charge in [-0.2, -0.15) is 4.98 Å². The highest BCUT2D eigenvalue weighted by molar-refractivity contribution is 5.82. The summed E-state index contributed by atoms with van der Waals surface area (Å²) in [5.41, 5.74) is 2.11. The molecule has 0 spiro atoms. The number of aliphatic hydroxyl groups is 2. The molecule has 7 heteroatoms. The molecular formula is C19H23N5O2. The van der Waals surface area contributed by atoms with Gasteiger partial charge in [0.25, 0.3) is 0 Å². The third-order valence-electron chi connectivity index (χ3n) is 4.20. The van der Waals surface area contributed by atoms with Crippen LogP contribution in [0.4, 0.5) is 11.8 Å². The number of aliphatic hydroxyl groups excluding tert-OH is 2. The number of rotatable bonds is 7. The predicted octanol–water partition coefficient (Wildman–Crippen LogP) is 1.45. The van der Waals surface area contributed by atoms with Gasteiger partial charge < -0.3 is 20.0 Å². The van der Waals surface area contributed by atoms with Crippen molar-refractivity contribution in [2.24, 2.45) is 0 Å². The van der Waals surface area contributed by atoms with E-state index >= 15 is 0 Å². The van der Waals surface area contributed by atoms with Crippen molar-refractivity contribution < 1.29 is 10.2 Å². The Morgan fingerprint density at radius 2 is 1.85 bits per heavy atom. The Bertz CT molecular complexity index is 868. The molecule has 0 bridgehead atoms. The molecule has 3 rings (SSSR count). The molecule has 0 fully saturated rings. The Kier molecular flexibility index (Phi) is 5.60. The molecule has 0 aliphatic carbocycles. The molecule has 26 heavy (non-hydrogen) atoms. The van der Waals surface area contributed by atoms with E-state index in [2.05, 4.69) is 27.1 Å². The average molecular weight is 353 g/mol. The highest BCUT2D eigenvalue weighted by Gasteiger charge is 2.12. The molecule has 136 valence electrons. The Balaban J connectivity index is 1.79. The van der Waals surface area contributed by atoms with Crippen LogP contribution in [0.3, 0.4) is 0 Å². The SMILES string of the molecule is CN(CC(O)CO)c1ccnc(N(C)Cc2cccc3ncccc23)n1. The second-order valence-corrected chi connectivity index (χ2v) is 6.28. The number of anilines is 2. The Labute approximate surface area is 152 Å². The van der Waals surface area contributed by atoms with E-state index in [1.165, 1.54) is 0 Å². The van der Waals surface area contributed by atoms with Crippen LogP contribution in [0.25, 0.3) is 10.9 Å². The normalized spacial score (nSPS) is 12.2. The highest BCUT2D eigenvalue weighted by atomic mass is 16.3. The smallest absolute Gasteiger partial charge is 0.227 e. The molecule has 2 N–H and O–H groups in total. The molecule has 1 aromatic carbocycles. The minimum Gasteiger partial charge on any atom is -0.394 e. The molecule has 1 unspecified atom stereocenters. The monoisotopic (exact) mass is 353 g/mol. The van der Waals surface area contributed by atoms with Crippen LogP contribution in [-0.4, -0.2) is 58.5 Å². The van der Waals surface area contributed by atoms with Gasteiger partial charge in [0, 0.05) is 45.0 Å². The standard InChI is InChI=1S/C19H23N5O2/c1-23(12-15(26)13-25)18-8-10-21-19(22-18)24(2)11-14-5-3-7-17-16(14)6-4-9-20-17/h3-10,15,25-26H,11-13H2,1-2H3. The van der Waals surface area contributed by atoms with Crippen molar-refractivity contribution in [3.05, 3.63) is 54.4 Å². The van der Waals surface area contributed by atoms with E-state index in [0.29, 0.717) is 24.9 Å². The number of hydrogen-bond donors (Lipinski definition) is 2. The van der Waals surface area contributed by atoms with Gasteiger partial charge in [-0.05, 0) is 23.8 Å². The van der Waals surface area contributed by atoms with Crippen LogP contribution >= 0.6 is 0 Å². The van der Waals surface area contributed by atoms with Crippen LogP contribution in [0.5, 0.6) is 0 Å². The molecule has 7 nitrogen and oxygen atoms in total. The molecule has 0 saturated heterocycles. The molecular weight excluding hydrogens is 330 g/mol. The maximum atomic E-state index is 9.61. The molecule has 0 radical (unpaired) electrons. The first-order chi connectivity index (χ1) is 12.6. The number of pyridine rings is 1. The fourth-order valence-corrected chi connectivity index (χ4v) is 2.83. The van der Waals surface area contributed by atoms with E-state index < -0.39 is 6.10 Å². The van der Waals surface area contributed by atoms with Crippen LogP contribution in [-0.2, 0) is 6.54 Å². The number of aromatic nitrogens is 3. The van der Waals surface area contributed by atoms with Crippen LogP contribution in [0.15, 0.2) is 48.8 Å². The van der Waals surface area contributed by atoms with Crippen molar-refractivity contribution in [2.45, 2.75) is 12.6 Å². The molecule has 0 saturated carbocycles. The van der Waals surface area contributed by atoms with Gasteiger partial charge in [-0.1, -0.05) is 18.2 Å². The summed E-state index contributed by atoms with van der Waals surface area (Å²) in [6.07, 6.45) is 2.68. The van der Waals surface area contributed by atoms with Gasteiger partial charge in [-0.25, -0.2) is 4.98 Å². The fraction of sp³-hybridized carbons (Fsp3) is 0.316. The lowest BCUT2D eigenvalue weighted by molar-refractivity contribution is 0.101. The van der Waals surface area contributed by atoms with E-state index in [1.807, 2.05) is 37.2 Å². The summed E-state index contributed by atoms with van der Waals surface area (Å²) in [5, 5.41) is 19.7. The Morgan fingerprint density at radius 3 is 2.65 bits per heavy atom. The van der Waals surface area contributed by atoms with Crippen LogP contribution in [0.2, 0.25) is 0 Å². The summed E-state index contributed by atoms with van der Waals surface area (Å²) in [6.45, 7) is 0.665. The maximum absolute atomic E-state index is 9.61. The van der Waals surface area contributed by atoms with Crippen molar-refractivity contribution in [1.29, 1.82) is 0 Å². The van der Waals surface area contributed by atoms with Gasteiger partial charge in [-0.3, -0.25) is 4.98 Å². The molecule has 0 amide bonds. The quantitative estimate of drug-likeness (QED) is 0.665. The summed E-state index contributed by atoms with van der Waals surface area (Å²) in [5.74, 6) is 1.28. The Morgan fingerprint density at radius 1 is 1.00 bits per heavy atom. The predicted molar refractivity (Wildman–Crippen MR) is 102 cm³/mol. The first kappa shape index (κ1) is 18.0. The van der Waals surface area contributed by atoms with Crippen molar-refractivity contribution in [1.82, 2.24) is 15.0 Å². The van der Waals surface area contributed by atoms with Crippen molar-refractivity contribution in [3.8, 4) is 0 Å². The lowest BCUT2D eigenvalue weighted by Crippen LogP contribution is -2.32. The molecule has 0 aliphatic rings. The Hall–Kier alpha value is -2.77. The van der Waals surface area contributed by atoms with Gasteiger partial charge in [0.05, 0.1) is 18.2 Å². The number of fused-ring (bicyclic) bond motifs is 1. The van der Waals surface area contributed by atoms with Crippen molar-refractivity contribution >= 4 is 22.7 Å². The second kappa shape index (κ2) is 8.07. The topological polar surface area (TPSA) is 85.6 Å². The van der Waals surface area contributed by atoms with Gasteiger partial charge >= 0.3 is 0 Å². The zero-order valence-corrected chi connectivity index (χ0v) is 14.9. The molecule has 1 atom stereocenters. The highest BCUT2D eigenvalue weighted by Crippen LogP contribution is 2.20. The molecule has 0 aliphatic heterocycles. The summed E-state index contributed by atoms with van der Waals surface area (Å²) in [6, 6.07) is 11.9. The number of nitrogens with zero attached hydrogens (tertiary/aromatic N) is 5. The summed E-state index contributed by atoms with van der Waals surface area (Å²) in [7, 11) is 3.76. The first-order valence-corrected chi connectivity index (χ1v) is 8.45. The molecule has 2 aromatic heterocycles. The zero-order chi connectivity index (χ0) is 18.5. The first-order valence-electron chi connectivity index (χ1n) is 8.45. The lowest BCUT2D eigenvalue weighted by atomic mass is 10.1. The minimum atomic E-state index is -0.806. The maximum Gasteiger partial charge on any atom is 0.227 e. The van der Waals surface area contributed by atoms with E-state index in [9.17, 15) is 5.11 Å². The molecule has 3 aromatic rings. The van der Waals surface area contributed by atoms with E-state index in [0.717, 1.165) is 16.5 Å². The van der Waals surface area contributed by atoms with Gasteiger partial charge in [0.2, 0.25) is 5.95 Å². The fourth-order valence-electron chi connectivity index (χ4n) is 2.83. The number of likely N-dealkylation sites (N-methyl/N-ethyl adjacent to an activating group) is 1. The van der Waals surface area contributed by atoms with Crippen molar-refractivity contribution in [2.75, 3.05) is 37.0 Å². The van der Waals surface area contributed by atoms with Crippen LogP contribution in [0.1, 0.15) is 5.56 Å². The average Bonchev–Trinajstić information content (AvgIpc) is 2.68. The van der Waals surface area contributed by atoms with Crippen LogP contribution in [0, 0.1) is 0 Å². The largest absolute Gasteiger partial charge is 0.394 e. The van der Waals surface area contributed by atoms with Gasteiger partial charge in [-0.15, -0.1) is 0 Å². The summed E-state index contributed by atoms with van der Waals surface area (Å²) >= 11 is 0. The van der Waals surface area contributed by atoms with Crippen molar-refractivity contribution in [3.63, 3.8) is 0 Å². The van der Waals surface area contributed by atoms with E-state index in [1.54, 1.807) is 23.4 Å². The van der Waals surface area contributed by atoms with E-state index in [4.69, 9.17) is 5.11 Å². The lowest BCUT2D eigenvalue weighted by Gasteiger charge is -2.23. The number of hydrogen-bond acceptors (Lipinski definition) is 7. The summed E-state index contributed by atoms with van der Waals surface area (Å²) < 4.78 is 0. The summed E-state index contributed by atoms with van der Waals surface area (Å²) in [4.78, 5) is 17.1. The second-order valence-electron chi connectivity index (χ2n) is 6.28.